The summed E-state index contributed by atoms with van der Waals surface area (Å²) in [6, 6.07) is 11.5. The quantitative estimate of drug-likeness (QED) is 0.520. The Hall–Kier alpha value is -3.13. The standard InChI is InChI=1S/C19H15F2N3O2S/c20-14-5-1-12(2-6-14)9-22-10-16-17(25)23-19(27)24(18(16)26)11-13-3-7-15(21)8-4-13/h1-8,10,26H,9,11H2,(H,23,25,27). The summed E-state index contributed by atoms with van der Waals surface area (Å²) in [7, 11) is 0. The molecule has 0 amide bonds. The number of aromatic hydroxyl groups is 1. The van der Waals surface area contributed by atoms with Gasteiger partial charge >= 0.3 is 0 Å². The van der Waals surface area contributed by atoms with Crippen molar-refractivity contribution in [2.24, 2.45) is 4.99 Å². The van der Waals surface area contributed by atoms with Gasteiger partial charge in [0, 0.05) is 6.21 Å². The van der Waals surface area contributed by atoms with Gasteiger partial charge in [0.05, 0.1) is 13.1 Å². The smallest absolute Gasteiger partial charge is 0.264 e. The summed E-state index contributed by atoms with van der Waals surface area (Å²) in [5, 5.41) is 10.5. The Labute approximate surface area is 158 Å². The third-order valence-electron chi connectivity index (χ3n) is 3.87. The van der Waals surface area contributed by atoms with Gasteiger partial charge in [-0.15, -0.1) is 0 Å². The van der Waals surface area contributed by atoms with Crippen LogP contribution < -0.4 is 5.56 Å². The summed E-state index contributed by atoms with van der Waals surface area (Å²) in [5.74, 6) is -1.06. The minimum atomic E-state index is -0.573. The largest absolute Gasteiger partial charge is 0.494 e. The fourth-order valence-electron chi connectivity index (χ4n) is 2.44. The molecular weight excluding hydrogens is 372 g/mol. The first-order valence-electron chi connectivity index (χ1n) is 7.99. The zero-order valence-corrected chi connectivity index (χ0v) is 14.8. The second kappa shape index (κ2) is 8.05. The van der Waals surface area contributed by atoms with Gasteiger partial charge in [-0.1, -0.05) is 24.3 Å². The highest BCUT2D eigenvalue weighted by atomic mass is 32.1. The maximum Gasteiger partial charge on any atom is 0.264 e. The highest BCUT2D eigenvalue weighted by Gasteiger charge is 2.11. The van der Waals surface area contributed by atoms with E-state index < -0.39 is 5.56 Å². The molecule has 0 aliphatic carbocycles. The molecular formula is C19H15F2N3O2S. The number of aromatic nitrogens is 2. The molecule has 0 bridgehead atoms. The lowest BCUT2D eigenvalue weighted by Gasteiger charge is -2.11. The number of aliphatic imine (C=N–C) groups is 1. The molecule has 0 spiro atoms. The number of hydrogen-bond donors (Lipinski definition) is 2. The number of halogens is 2. The Morgan fingerprint density at radius 2 is 1.59 bits per heavy atom. The first-order chi connectivity index (χ1) is 12.9. The molecule has 0 fully saturated rings. The maximum atomic E-state index is 13.0. The predicted octanol–water partition coefficient (Wildman–Crippen LogP) is 3.56. The van der Waals surface area contributed by atoms with Crippen LogP contribution in [0.25, 0.3) is 0 Å². The van der Waals surface area contributed by atoms with Crippen molar-refractivity contribution in [3.63, 3.8) is 0 Å². The average molecular weight is 387 g/mol. The summed E-state index contributed by atoms with van der Waals surface area (Å²) in [6.07, 6.45) is 1.24. The van der Waals surface area contributed by atoms with Gasteiger partial charge in [-0.3, -0.25) is 19.3 Å². The average Bonchev–Trinajstić information content (AvgIpc) is 2.64. The van der Waals surface area contributed by atoms with Gasteiger partial charge in [0.15, 0.2) is 4.77 Å². The molecule has 0 saturated carbocycles. The summed E-state index contributed by atoms with van der Waals surface area (Å²) >= 11 is 5.11. The van der Waals surface area contributed by atoms with Crippen LogP contribution in [0.5, 0.6) is 5.88 Å². The van der Waals surface area contributed by atoms with Crippen molar-refractivity contribution in [3.05, 3.63) is 92.0 Å². The van der Waals surface area contributed by atoms with Crippen molar-refractivity contribution in [3.8, 4) is 5.88 Å². The number of benzene rings is 2. The highest BCUT2D eigenvalue weighted by Crippen LogP contribution is 2.15. The third-order valence-corrected chi connectivity index (χ3v) is 4.19. The molecule has 0 saturated heterocycles. The van der Waals surface area contributed by atoms with Crippen LogP contribution in [0.15, 0.2) is 58.3 Å². The van der Waals surface area contributed by atoms with E-state index in [-0.39, 0.29) is 40.9 Å². The van der Waals surface area contributed by atoms with E-state index in [2.05, 4.69) is 9.98 Å². The Morgan fingerprint density at radius 3 is 2.19 bits per heavy atom. The first kappa shape index (κ1) is 18.7. The van der Waals surface area contributed by atoms with Crippen LogP contribution in [0.1, 0.15) is 16.7 Å². The van der Waals surface area contributed by atoms with Crippen LogP contribution in [0.2, 0.25) is 0 Å². The number of nitrogens with zero attached hydrogens (tertiary/aromatic N) is 2. The van der Waals surface area contributed by atoms with Crippen molar-refractivity contribution < 1.29 is 13.9 Å². The van der Waals surface area contributed by atoms with Gasteiger partial charge in [0.1, 0.15) is 17.2 Å². The summed E-state index contributed by atoms with van der Waals surface area (Å²) < 4.78 is 27.3. The number of H-pyrrole nitrogens is 1. The number of hydrogen-bond acceptors (Lipinski definition) is 4. The van der Waals surface area contributed by atoms with Crippen molar-refractivity contribution in [1.29, 1.82) is 0 Å². The molecule has 0 radical (unpaired) electrons. The fourth-order valence-corrected chi connectivity index (χ4v) is 2.69. The van der Waals surface area contributed by atoms with Crippen LogP contribution in [-0.4, -0.2) is 20.9 Å². The van der Waals surface area contributed by atoms with Crippen molar-refractivity contribution in [2.75, 3.05) is 0 Å². The lowest BCUT2D eigenvalue weighted by Crippen LogP contribution is -2.19. The predicted molar refractivity (Wildman–Crippen MR) is 101 cm³/mol. The summed E-state index contributed by atoms with van der Waals surface area (Å²) in [4.78, 5) is 18.7. The van der Waals surface area contributed by atoms with Gasteiger partial charge in [-0.05, 0) is 47.6 Å². The molecule has 138 valence electrons. The molecule has 2 aromatic carbocycles. The minimum Gasteiger partial charge on any atom is -0.494 e. The first-order valence-corrected chi connectivity index (χ1v) is 8.39. The van der Waals surface area contributed by atoms with E-state index in [9.17, 15) is 18.7 Å². The molecule has 8 heteroatoms. The highest BCUT2D eigenvalue weighted by molar-refractivity contribution is 7.71. The molecule has 5 nitrogen and oxygen atoms in total. The van der Waals surface area contributed by atoms with Crippen LogP contribution in [-0.2, 0) is 13.1 Å². The molecule has 0 unspecified atom stereocenters. The minimum absolute atomic E-state index is 0.0394. The summed E-state index contributed by atoms with van der Waals surface area (Å²) in [5.41, 5.74) is 0.829. The zero-order chi connectivity index (χ0) is 19.4. The Bertz CT molecular complexity index is 1090. The van der Waals surface area contributed by atoms with E-state index in [4.69, 9.17) is 12.2 Å². The molecule has 0 aliphatic rings. The van der Waals surface area contributed by atoms with Crippen molar-refractivity contribution >= 4 is 18.4 Å². The van der Waals surface area contributed by atoms with Crippen LogP contribution in [0.3, 0.4) is 0 Å². The van der Waals surface area contributed by atoms with Gasteiger partial charge in [-0.25, -0.2) is 8.78 Å². The molecule has 1 heterocycles. The Kier molecular flexibility index (Phi) is 5.56. The molecule has 0 aliphatic heterocycles. The second-order valence-electron chi connectivity index (χ2n) is 5.81. The number of aromatic amines is 1. The van der Waals surface area contributed by atoms with E-state index in [0.29, 0.717) is 5.56 Å². The Balaban J connectivity index is 1.87. The van der Waals surface area contributed by atoms with Crippen LogP contribution in [0, 0.1) is 16.4 Å². The van der Waals surface area contributed by atoms with Crippen molar-refractivity contribution in [1.82, 2.24) is 9.55 Å². The number of rotatable bonds is 5. The van der Waals surface area contributed by atoms with E-state index in [0.717, 1.165) is 5.56 Å². The van der Waals surface area contributed by atoms with Crippen LogP contribution in [0.4, 0.5) is 8.78 Å². The van der Waals surface area contributed by atoms with E-state index in [1.54, 1.807) is 24.3 Å². The molecule has 0 atom stereocenters. The fraction of sp³-hybridized carbons (Fsp3) is 0.105. The molecule has 3 aromatic rings. The second-order valence-corrected chi connectivity index (χ2v) is 6.19. The van der Waals surface area contributed by atoms with Gasteiger partial charge in [0.2, 0.25) is 5.88 Å². The van der Waals surface area contributed by atoms with E-state index >= 15 is 0 Å². The van der Waals surface area contributed by atoms with Crippen molar-refractivity contribution in [2.45, 2.75) is 13.1 Å². The topological polar surface area (TPSA) is 70.4 Å². The van der Waals surface area contributed by atoms with Gasteiger partial charge < -0.3 is 5.11 Å². The van der Waals surface area contributed by atoms with E-state index in [1.165, 1.54) is 35.0 Å². The molecule has 3 rings (SSSR count). The number of nitrogens with one attached hydrogen (secondary N) is 1. The monoisotopic (exact) mass is 387 g/mol. The molecule has 1 aromatic heterocycles. The summed E-state index contributed by atoms with van der Waals surface area (Å²) in [6.45, 7) is 0.368. The lowest BCUT2D eigenvalue weighted by atomic mass is 10.2. The molecule has 27 heavy (non-hydrogen) atoms. The van der Waals surface area contributed by atoms with Crippen LogP contribution >= 0.6 is 12.2 Å². The lowest BCUT2D eigenvalue weighted by molar-refractivity contribution is 0.411. The normalized spacial score (nSPS) is 11.2. The van der Waals surface area contributed by atoms with Gasteiger partial charge in [-0.2, -0.15) is 0 Å². The zero-order valence-electron chi connectivity index (χ0n) is 14.0. The van der Waals surface area contributed by atoms with E-state index in [1.807, 2.05) is 0 Å². The maximum absolute atomic E-state index is 13.0. The third kappa shape index (κ3) is 4.53. The van der Waals surface area contributed by atoms with Gasteiger partial charge in [0.25, 0.3) is 5.56 Å². The Morgan fingerprint density at radius 1 is 1.04 bits per heavy atom. The SMILES string of the molecule is O=c1[nH]c(=S)n(Cc2ccc(F)cc2)c(O)c1C=NCc1ccc(F)cc1. The molecule has 2 N–H and O–H groups in total.